The van der Waals surface area contributed by atoms with Crippen LogP contribution in [0.4, 0.5) is 0 Å². The average molecular weight is 322 g/mol. The van der Waals surface area contributed by atoms with Gasteiger partial charge in [-0.1, -0.05) is 30.7 Å². The molecule has 1 saturated carbocycles. The van der Waals surface area contributed by atoms with Crippen LogP contribution >= 0.6 is 11.6 Å². The Morgan fingerprint density at radius 3 is 2.55 bits per heavy atom. The summed E-state index contributed by atoms with van der Waals surface area (Å²) in [5.41, 5.74) is 1.77. The van der Waals surface area contributed by atoms with E-state index in [9.17, 15) is 0 Å². The maximum absolute atomic E-state index is 6.12. The Labute approximate surface area is 137 Å². The smallest absolute Gasteiger partial charge is 0.191 e. The van der Waals surface area contributed by atoms with Gasteiger partial charge in [0.15, 0.2) is 5.96 Å². The summed E-state index contributed by atoms with van der Waals surface area (Å²) in [4.78, 5) is 4.32. The zero-order chi connectivity index (χ0) is 15.6. The highest BCUT2D eigenvalue weighted by Crippen LogP contribution is 2.48. The molecule has 1 aromatic rings. The summed E-state index contributed by atoms with van der Waals surface area (Å²) in [6.07, 6.45) is 2.39. The third-order valence-corrected chi connectivity index (χ3v) is 4.93. The van der Waals surface area contributed by atoms with Crippen LogP contribution in [-0.2, 0) is 10.2 Å². The van der Waals surface area contributed by atoms with Crippen molar-refractivity contribution in [1.82, 2.24) is 10.6 Å². The minimum atomic E-state index is 0.214. The van der Waals surface area contributed by atoms with Crippen molar-refractivity contribution >= 4 is 17.6 Å². The van der Waals surface area contributed by atoms with Crippen LogP contribution in [0.5, 0.6) is 0 Å². The van der Waals surface area contributed by atoms with Crippen molar-refractivity contribution in [2.45, 2.75) is 25.2 Å². The van der Waals surface area contributed by atoms with E-state index in [1.165, 1.54) is 18.4 Å². The molecule has 1 saturated heterocycles. The summed E-state index contributed by atoms with van der Waals surface area (Å²) >= 11 is 6.12. The molecular weight excluding hydrogens is 298 g/mol. The van der Waals surface area contributed by atoms with Gasteiger partial charge in [0.25, 0.3) is 0 Å². The molecule has 0 atom stereocenters. The molecule has 2 fully saturated rings. The summed E-state index contributed by atoms with van der Waals surface area (Å²) in [7, 11) is 1.81. The van der Waals surface area contributed by atoms with Gasteiger partial charge in [0.05, 0.1) is 13.2 Å². The van der Waals surface area contributed by atoms with Crippen LogP contribution in [0.1, 0.15) is 25.3 Å². The number of guanidine groups is 1. The lowest BCUT2D eigenvalue weighted by Gasteiger charge is -2.38. The van der Waals surface area contributed by atoms with E-state index in [-0.39, 0.29) is 10.8 Å². The first-order valence-electron chi connectivity index (χ1n) is 7.84. The predicted octanol–water partition coefficient (Wildman–Crippen LogP) is 2.57. The first kappa shape index (κ1) is 15.6. The molecule has 0 amide bonds. The molecular formula is C17H24ClN3O. The molecule has 22 heavy (non-hydrogen) atoms. The Hall–Kier alpha value is -1.26. The van der Waals surface area contributed by atoms with E-state index >= 15 is 0 Å². The highest BCUT2D eigenvalue weighted by molar-refractivity contribution is 6.30. The quantitative estimate of drug-likeness (QED) is 0.647. The van der Waals surface area contributed by atoms with Gasteiger partial charge in [-0.2, -0.15) is 0 Å². The number of rotatable bonds is 5. The fraction of sp³-hybridized carbons (Fsp3) is 0.588. The molecule has 2 aliphatic rings. The molecule has 4 nitrogen and oxygen atoms in total. The third kappa shape index (κ3) is 3.39. The van der Waals surface area contributed by atoms with Crippen molar-refractivity contribution in [1.29, 1.82) is 0 Å². The first-order valence-corrected chi connectivity index (χ1v) is 8.21. The van der Waals surface area contributed by atoms with E-state index in [4.69, 9.17) is 16.3 Å². The van der Waals surface area contributed by atoms with Crippen LogP contribution in [0.25, 0.3) is 0 Å². The molecule has 0 spiro atoms. The number of halogens is 1. The number of ether oxygens (including phenoxy) is 1. The molecule has 1 aliphatic carbocycles. The number of benzene rings is 1. The zero-order valence-corrected chi connectivity index (χ0v) is 14.0. The average Bonchev–Trinajstić information content (AvgIpc) is 3.27. The normalized spacial score (nSPS) is 21.9. The molecule has 1 heterocycles. The van der Waals surface area contributed by atoms with Gasteiger partial charge in [-0.3, -0.25) is 4.99 Å². The van der Waals surface area contributed by atoms with E-state index in [0.717, 1.165) is 37.3 Å². The molecule has 2 N–H and O–H groups in total. The van der Waals surface area contributed by atoms with Crippen LogP contribution in [0.3, 0.4) is 0 Å². The summed E-state index contributed by atoms with van der Waals surface area (Å²) < 4.78 is 5.28. The van der Waals surface area contributed by atoms with Crippen molar-refractivity contribution in [3.8, 4) is 0 Å². The van der Waals surface area contributed by atoms with E-state index < -0.39 is 0 Å². The molecule has 5 heteroatoms. The highest BCUT2D eigenvalue weighted by atomic mass is 35.5. The molecule has 0 bridgehead atoms. The molecule has 0 radical (unpaired) electrons. The number of nitrogens with zero attached hydrogens (tertiary/aromatic N) is 1. The second-order valence-electron chi connectivity index (χ2n) is 6.87. The molecule has 0 unspecified atom stereocenters. The van der Waals surface area contributed by atoms with Gasteiger partial charge in [0.1, 0.15) is 0 Å². The van der Waals surface area contributed by atoms with Gasteiger partial charge in [-0.15, -0.1) is 0 Å². The lowest BCUT2D eigenvalue weighted by atomic mass is 9.89. The van der Waals surface area contributed by atoms with E-state index in [1.807, 2.05) is 19.2 Å². The number of hydrogen-bond acceptors (Lipinski definition) is 2. The van der Waals surface area contributed by atoms with Gasteiger partial charge in [0.2, 0.25) is 0 Å². The number of aliphatic imine (C=N–C) groups is 1. The van der Waals surface area contributed by atoms with Crippen LogP contribution in [0.15, 0.2) is 29.3 Å². The Morgan fingerprint density at radius 1 is 1.27 bits per heavy atom. The molecule has 0 aromatic heterocycles. The van der Waals surface area contributed by atoms with Crippen LogP contribution in [0.2, 0.25) is 5.02 Å². The first-order chi connectivity index (χ1) is 10.6. The van der Waals surface area contributed by atoms with Crippen molar-refractivity contribution in [2.75, 3.05) is 33.4 Å². The van der Waals surface area contributed by atoms with Crippen molar-refractivity contribution in [3.05, 3.63) is 34.9 Å². The van der Waals surface area contributed by atoms with Crippen molar-refractivity contribution < 1.29 is 4.74 Å². The fourth-order valence-corrected chi connectivity index (χ4v) is 3.05. The second kappa shape index (κ2) is 6.09. The maximum Gasteiger partial charge on any atom is 0.191 e. The van der Waals surface area contributed by atoms with E-state index in [0.29, 0.717) is 0 Å². The Balaban J connectivity index is 1.54. The number of nitrogens with one attached hydrogen (secondary N) is 2. The lowest BCUT2D eigenvalue weighted by molar-refractivity contribution is -0.0971. The molecule has 120 valence electrons. The highest BCUT2D eigenvalue weighted by Gasteiger charge is 2.44. The van der Waals surface area contributed by atoms with Gasteiger partial charge >= 0.3 is 0 Å². The Bertz CT molecular complexity index is 565. The largest absolute Gasteiger partial charge is 0.380 e. The van der Waals surface area contributed by atoms with Crippen LogP contribution < -0.4 is 10.6 Å². The minimum absolute atomic E-state index is 0.214. The van der Waals surface area contributed by atoms with Gasteiger partial charge < -0.3 is 15.4 Å². The minimum Gasteiger partial charge on any atom is -0.380 e. The lowest BCUT2D eigenvalue weighted by Crippen LogP contribution is -2.51. The maximum atomic E-state index is 6.12. The molecule has 1 aromatic carbocycles. The second-order valence-corrected chi connectivity index (χ2v) is 7.31. The molecule has 3 rings (SSSR count). The van der Waals surface area contributed by atoms with Crippen LogP contribution in [0, 0.1) is 5.41 Å². The Kier molecular flexibility index (Phi) is 4.33. The van der Waals surface area contributed by atoms with E-state index in [1.54, 1.807) is 0 Å². The summed E-state index contributed by atoms with van der Waals surface area (Å²) in [6, 6.07) is 8.21. The zero-order valence-electron chi connectivity index (χ0n) is 13.3. The van der Waals surface area contributed by atoms with Crippen molar-refractivity contribution in [3.63, 3.8) is 0 Å². The Morgan fingerprint density at radius 2 is 2.00 bits per heavy atom. The molecule has 1 aliphatic heterocycles. The monoisotopic (exact) mass is 321 g/mol. The SMILES string of the molecule is CN=C(NCC1(C)COC1)NCC1(c2cccc(Cl)c2)CC1. The van der Waals surface area contributed by atoms with Crippen LogP contribution in [-0.4, -0.2) is 39.3 Å². The fourth-order valence-electron chi connectivity index (χ4n) is 2.86. The summed E-state index contributed by atoms with van der Waals surface area (Å²) in [5, 5.41) is 7.68. The standard InChI is InChI=1S/C17H24ClN3O/c1-16(11-22-12-16)9-20-15(19-2)21-10-17(6-7-17)13-4-3-5-14(18)8-13/h3-5,8H,6-7,9-12H2,1-2H3,(H2,19,20,21). The number of hydrogen-bond donors (Lipinski definition) is 2. The van der Waals surface area contributed by atoms with Gasteiger partial charge in [-0.25, -0.2) is 0 Å². The van der Waals surface area contributed by atoms with Crippen molar-refractivity contribution in [2.24, 2.45) is 10.4 Å². The third-order valence-electron chi connectivity index (χ3n) is 4.69. The van der Waals surface area contributed by atoms with E-state index in [2.05, 4.69) is 34.7 Å². The topological polar surface area (TPSA) is 45.7 Å². The van der Waals surface area contributed by atoms with Gasteiger partial charge in [0, 0.05) is 36.0 Å². The van der Waals surface area contributed by atoms with Gasteiger partial charge in [-0.05, 0) is 30.5 Å². The summed E-state index contributed by atoms with van der Waals surface area (Å²) in [5.74, 6) is 0.862. The predicted molar refractivity (Wildman–Crippen MR) is 90.7 cm³/mol. The summed E-state index contributed by atoms with van der Waals surface area (Å²) in [6.45, 7) is 5.65.